The highest BCUT2D eigenvalue weighted by molar-refractivity contribution is 5.78. The Balaban J connectivity index is 1.79. The number of para-hydroxylation sites is 1. The molecule has 17 heavy (non-hydrogen) atoms. The fraction of sp³-hybridized carbons (Fsp3) is 0.462. The van der Waals surface area contributed by atoms with Crippen LogP contribution < -0.4 is 5.32 Å². The molecule has 0 radical (unpaired) electrons. The van der Waals surface area contributed by atoms with Gasteiger partial charge in [0.05, 0.1) is 18.3 Å². The second-order valence-electron chi connectivity index (χ2n) is 4.02. The number of hydrogen-bond donors (Lipinski definition) is 1. The van der Waals surface area contributed by atoms with Crippen LogP contribution in [-0.4, -0.2) is 36.6 Å². The van der Waals surface area contributed by atoms with Crippen LogP contribution in [0.3, 0.4) is 0 Å². The van der Waals surface area contributed by atoms with Crippen molar-refractivity contribution in [2.24, 2.45) is 0 Å². The normalized spacial score (nSPS) is 11.1. The molecule has 0 saturated carbocycles. The topological polar surface area (TPSA) is 39.1 Å². The number of hydrogen-bond acceptors (Lipinski definition) is 3. The Hall–Kier alpha value is -1.39. The Bertz CT molecular complexity index is 453. The molecule has 0 unspecified atom stereocenters. The van der Waals surface area contributed by atoms with E-state index in [1.54, 1.807) is 7.11 Å². The molecule has 4 heteroatoms. The highest BCUT2D eigenvalue weighted by Crippen LogP contribution is 2.12. The van der Waals surface area contributed by atoms with Crippen molar-refractivity contribution in [3.63, 3.8) is 0 Å². The second-order valence-corrected chi connectivity index (χ2v) is 4.02. The van der Waals surface area contributed by atoms with Gasteiger partial charge in [-0.1, -0.05) is 18.2 Å². The smallest absolute Gasteiger partial charge is 0.0682 e. The molecule has 1 N–H and O–H groups in total. The first-order valence-corrected chi connectivity index (χ1v) is 6.02. The summed E-state index contributed by atoms with van der Waals surface area (Å²) in [6, 6.07) is 8.30. The van der Waals surface area contributed by atoms with E-state index in [1.165, 1.54) is 10.9 Å². The molecular formula is C13H19N3O. The summed E-state index contributed by atoms with van der Waals surface area (Å²) in [4.78, 5) is 0. The number of rotatable bonds is 7. The zero-order valence-corrected chi connectivity index (χ0v) is 10.2. The number of nitrogens with zero attached hydrogens (tertiary/aromatic N) is 2. The summed E-state index contributed by atoms with van der Waals surface area (Å²) < 4.78 is 7.03. The Morgan fingerprint density at radius 2 is 2.18 bits per heavy atom. The quantitative estimate of drug-likeness (QED) is 0.739. The predicted octanol–water partition coefficient (Wildman–Crippen LogP) is 1.66. The molecule has 1 aromatic carbocycles. The fourth-order valence-corrected chi connectivity index (χ4v) is 1.86. The van der Waals surface area contributed by atoms with Gasteiger partial charge in [0, 0.05) is 25.6 Å². The van der Waals surface area contributed by atoms with Crippen LogP contribution in [0, 0.1) is 0 Å². The van der Waals surface area contributed by atoms with Gasteiger partial charge in [0.1, 0.15) is 0 Å². The van der Waals surface area contributed by atoms with Crippen molar-refractivity contribution in [3.05, 3.63) is 30.5 Å². The maximum atomic E-state index is 4.97. The van der Waals surface area contributed by atoms with Gasteiger partial charge in [-0.15, -0.1) is 0 Å². The third kappa shape index (κ3) is 3.28. The third-order valence-electron chi connectivity index (χ3n) is 2.76. The van der Waals surface area contributed by atoms with Crippen LogP contribution in [0.4, 0.5) is 0 Å². The minimum atomic E-state index is 0.769. The molecule has 0 spiro atoms. The van der Waals surface area contributed by atoms with Crippen molar-refractivity contribution >= 4 is 10.9 Å². The summed E-state index contributed by atoms with van der Waals surface area (Å²) in [5.74, 6) is 0. The number of aryl methyl sites for hydroxylation is 1. The highest BCUT2D eigenvalue weighted by Gasteiger charge is 2.00. The summed E-state index contributed by atoms with van der Waals surface area (Å²) in [5.41, 5.74) is 1.21. The van der Waals surface area contributed by atoms with Crippen molar-refractivity contribution in [1.29, 1.82) is 0 Å². The van der Waals surface area contributed by atoms with Gasteiger partial charge in [-0.05, 0) is 19.0 Å². The van der Waals surface area contributed by atoms with Gasteiger partial charge in [0.2, 0.25) is 0 Å². The van der Waals surface area contributed by atoms with Gasteiger partial charge >= 0.3 is 0 Å². The van der Waals surface area contributed by atoms with Crippen LogP contribution in [0.1, 0.15) is 6.42 Å². The van der Waals surface area contributed by atoms with Gasteiger partial charge < -0.3 is 10.1 Å². The van der Waals surface area contributed by atoms with Gasteiger partial charge in [-0.25, -0.2) is 0 Å². The van der Waals surface area contributed by atoms with Crippen LogP contribution in [0.25, 0.3) is 10.9 Å². The zero-order valence-electron chi connectivity index (χ0n) is 10.2. The van der Waals surface area contributed by atoms with Crippen LogP contribution in [0.2, 0.25) is 0 Å². The van der Waals surface area contributed by atoms with Crippen LogP contribution in [0.15, 0.2) is 30.5 Å². The van der Waals surface area contributed by atoms with Crippen LogP contribution in [-0.2, 0) is 11.3 Å². The fourth-order valence-electron chi connectivity index (χ4n) is 1.86. The lowest BCUT2D eigenvalue weighted by atomic mass is 10.2. The summed E-state index contributed by atoms with van der Waals surface area (Å²) in [5, 5.41) is 8.93. The van der Waals surface area contributed by atoms with Crippen LogP contribution in [0.5, 0.6) is 0 Å². The number of nitrogens with one attached hydrogen (secondary N) is 1. The van der Waals surface area contributed by atoms with E-state index < -0.39 is 0 Å². The molecule has 0 saturated heterocycles. The third-order valence-corrected chi connectivity index (χ3v) is 2.76. The number of ether oxygens (including phenoxy) is 1. The molecule has 2 rings (SSSR count). The molecular weight excluding hydrogens is 214 g/mol. The number of fused-ring (bicyclic) bond motifs is 1. The standard InChI is InChI=1S/C13H19N3O/c1-17-10-8-14-7-4-9-16-13-6-3-2-5-12(13)11-15-16/h2-3,5-6,11,14H,4,7-10H2,1H3. The van der Waals surface area contributed by atoms with E-state index in [2.05, 4.69) is 33.3 Å². The Morgan fingerprint density at radius 1 is 1.29 bits per heavy atom. The van der Waals surface area contributed by atoms with Gasteiger partial charge in [-0.3, -0.25) is 4.68 Å². The molecule has 0 aliphatic carbocycles. The minimum Gasteiger partial charge on any atom is -0.383 e. The van der Waals surface area contributed by atoms with E-state index >= 15 is 0 Å². The number of aromatic nitrogens is 2. The highest BCUT2D eigenvalue weighted by atomic mass is 16.5. The Labute approximate surface area is 102 Å². The Morgan fingerprint density at radius 3 is 3.06 bits per heavy atom. The first-order valence-electron chi connectivity index (χ1n) is 6.02. The van der Waals surface area contributed by atoms with Crippen molar-refractivity contribution in [2.75, 3.05) is 26.8 Å². The molecule has 0 aliphatic rings. The number of methoxy groups -OCH3 is 1. The lowest BCUT2D eigenvalue weighted by Gasteiger charge is -2.05. The van der Waals surface area contributed by atoms with Crippen molar-refractivity contribution < 1.29 is 4.74 Å². The SMILES string of the molecule is COCCNCCCn1ncc2ccccc21. The zero-order chi connectivity index (χ0) is 11.9. The van der Waals surface area contributed by atoms with E-state index in [0.29, 0.717) is 0 Å². The lowest BCUT2D eigenvalue weighted by Crippen LogP contribution is -2.21. The molecule has 0 aliphatic heterocycles. The summed E-state index contributed by atoms with van der Waals surface area (Å²) >= 11 is 0. The van der Waals surface area contributed by atoms with E-state index in [0.717, 1.165) is 32.7 Å². The average molecular weight is 233 g/mol. The summed E-state index contributed by atoms with van der Waals surface area (Å²) in [6.07, 6.45) is 3.00. The van der Waals surface area contributed by atoms with Gasteiger partial charge in [0.15, 0.2) is 0 Å². The van der Waals surface area contributed by atoms with Crippen LogP contribution >= 0.6 is 0 Å². The summed E-state index contributed by atoms with van der Waals surface area (Å²) in [7, 11) is 1.72. The maximum absolute atomic E-state index is 4.97. The molecule has 1 heterocycles. The monoisotopic (exact) mass is 233 g/mol. The largest absolute Gasteiger partial charge is 0.383 e. The molecule has 0 bridgehead atoms. The van der Waals surface area contributed by atoms with Crippen molar-refractivity contribution in [2.45, 2.75) is 13.0 Å². The first-order chi connectivity index (χ1) is 8.42. The van der Waals surface area contributed by atoms with E-state index in [1.807, 2.05) is 12.3 Å². The van der Waals surface area contributed by atoms with Crippen molar-refractivity contribution in [1.82, 2.24) is 15.1 Å². The molecule has 1 aromatic heterocycles. The average Bonchev–Trinajstić information content (AvgIpc) is 2.77. The van der Waals surface area contributed by atoms with E-state index in [-0.39, 0.29) is 0 Å². The lowest BCUT2D eigenvalue weighted by molar-refractivity contribution is 0.199. The molecule has 0 amide bonds. The van der Waals surface area contributed by atoms with Gasteiger partial charge in [-0.2, -0.15) is 5.10 Å². The molecule has 0 atom stereocenters. The van der Waals surface area contributed by atoms with Gasteiger partial charge in [0.25, 0.3) is 0 Å². The molecule has 92 valence electrons. The van der Waals surface area contributed by atoms with Crippen molar-refractivity contribution in [3.8, 4) is 0 Å². The van der Waals surface area contributed by atoms with E-state index in [9.17, 15) is 0 Å². The first kappa shape index (κ1) is 12.1. The maximum Gasteiger partial charge on any atom is 0.0682 e. The number of benzene rings is 1. The minimum absolute atomic E-state index is 0.769. The predicted molar refractivity (Wildman–Crippen MR) is 69.1 cm³/mol. The second kappa shape index (κ2) is 6.37. The molecule has 2 aromatic rings. The Kier molecular flexibility index (Phi) is 4.53. The molecule has 4 nitrogen and oxygen atoms in total. The summed E-state index contributed by atoms with van der Waals surface area (Å²) in [6.45, 7) is 3.63. The van der Waals surface area contributed by atoms with E-state index in [4.69, 9.17) is 4.74 Å². The molecule has 0 fully saturated rings.